The average molecular weight is 545 g/mol. The molecule has 0 N–H and O–H groups in total. The summed E-state index contributed by atoms with van der Waals surface area (Å²) in [4.78, 5) is 21.0. The second-order valence-electron chi connectivity index (χ2n) is 10.4. The minimum atomic E-state index is -0.410. The fourth-order valence-electron chi connectivity index (χ4n) is 5.87. The molecule has 8 heteroatoms. The van der Waals surface area contributed by atoms with E-state index < -0.39 is 5.97 Å². The number of benzene rings is 1. The lowest BCUT2D eigenvalue weighted by Crippen LogP contribution is -2.37. The van der Waals surface area contributed by atoms with Crippen molar-refractivity contribution in [2.45, 2.75) is 52.4 Å². The summed E-state index contributed by atoms with van der Waals surface area (Å²) in [5, 5.41) is 5.15. The fraction of sp³-hybridized carbons (Fsp3) is 0.469. The second kappa shape index (κ2) is 12.7. The number of aromatic nitrogens is 2. The number of rotatable bonds is 9. The van der Waals surface area contributed by atoms with Crippen LogP contribution in [0.2, 0.25) is 0 Å². The van der Waals surface area contributed by atoms with Crippen LogP contribution in [-0.2, 0) is 20.6 Å². The SMILES string of the molecule is C=C(N=C(OC)c1c(C(=O)OCC)c2c(-c3ccccc3)cc(N3CCOCC3)nn2c1CCC)C1CCCC1. The summed E-state index contributed by atoms with van der Waals surface area (Å²) in [6.07, 6.45) is 6.05. The van der Waals surface area contributed by atoms with Crippen molar-refractivity contribution in [1.29, 1.82) is 0 Å². The summed E-state index contributed by atoms with van der Waals surface area (Å²) < 4.78 is 19.2. The lowest BCUT2D eigenvalue weighted by Gasteiger charge is -2.28. The number of aryl methyl sites for hydroxylation is 1. The topological polar surface area (TPSA) is 77.7 Å². The highest BCUT2D eigenvalue weighted by molar-refractivity contribution is 6.13. The van der Waals surface area contributed by atoms with Gasteiger partial charge in [-0.15, -0.1) is 5.10 Å². The normalized spacial score (nSPS) is 16.5. The monoisotopic (exact) mass is 544 g/mol. The predicted octanol–water partition coefficient (Wildman–Crippen LogP) is 6.06. The van der Waals surface area contributed by atoms with Crippen molar-refractivity contribution >= 4 is 23.2 Å². The van der Waals surface area contributed by atoms with Crippen LogP contribution in [0.4, 0.5) is 5.82 Å². The van der Waals surface area contributed by atoms with Crippen LogP contribution >= 0.6 is 0 Å². The Morgan fingerprint density at radius 2 is 1.85 bits per heavy atom. The van der Waals surface area contributed by atoms with Gasteiger partial charge < -0.3 is 19.1 Å². The number of ether oxygens (including phenoxy) is 3. The molecule has 0 atom stereocenters. The highest BCUT2D eigenvalue weighted by Gasteiger charge is 2.32. The van der Waals surface area contributed by atoms with Crippen LogP contribution in [0.25, 0.3) is 16.6 Å². The summed E-state index contributed by atoms with van der Waals surface area (Å²) in [7, 11) is 1.61. The van der Waals surface area contributed by atoms with Crippen molar-refractivity contribution in [2.24, 2.45) is 10.9 Å². The van der Waals surface area contributed by atoms with Crippen LogP contribution in [0.3, 0.4) is 0 Å². The van der Waals surface area contributed by atoms with E-state index in [0.29, 0.717) is 48.1 Å². The average Bonchev–Trinajstić information content (AvgIpc) is 3.64. The molecule has 0 bridgehead atoms. The predicted molar refractivity (Wildman–Crippen MR) is 158 cm³/mol. The number of aliphatic imine (C=N–C) groups is 1. The zero-order valence-electron chi connectivity index (χ0n) is 23.9. The van der Waals surface area contributed by atoms with E-state index in [4.69, 9.17) is 24.3 Å². The third kappa shape index (κ3) is 5.50. The summed E-state index contributed by atoms with van der Waals surface area (Å²) in [6, 6.07) is 12.2. The smallest absolute Gasteiger partial charge is 0.341 e. The number of allylic oxidation sites excluding steroid dienone is 1. The van der Waals surface area contributed by atoms with Gasteiger partial charge >= 0.3 is 5.97 Å². The molecular formula is C32H40N4O4. The highest BCUT2D eigenvalue weighted by atomic mass is 16.5. The zero-order chi connectivity index (χ0) is 28.1. The fourth-order valence-corrected chi connectivity index (χ4v) is 5.87. The van der Waals surface area contributed by atoms with Gasteiger partial charge in [-0.25, -0.2) is 14.3 Å². The highest BCUT2D eigenvalue weighted by Crippen LogP contribution is 2.37. The molecule has 1 aromatic carbocycles. The molecule has 3 aromatic rings. The van der Waals surface area contributed by atoms with Crippen LogP contribution in [0.5, 0.6) is 0 Å². The van der Waals surface area contributed by atoms with Crippen molar-refractivity contribution in [3.05, 3.63) is 65.5 Å². The van der Waals surface area contributed by atoms with Crippen LogP contribution in [0.15, 0.2) is 53.7 Å². The molecule has 5 rings (SSSR count). The van der Waals surface area contributed by atoms with Crippen LogP contribution in [0.1, 0.15) is 67.6 Å². The Kier molecular flexibility index (Phi) is 8.85. The molecule has 3 heterocycles. The standard InChI is InChI=1S/C32H40N4O4/c1-5-12-26-28(31(38-4)33-22(3)23-13-10-11-14-23)29(32(37)40-6-2)30-25(24-15-8-7-9-16-24)21-27(34-36(26)30)35-17-19-39-20-18-35/h7-9,15-16,21,23H,3,5-6,10-14,17-20H2,1-2,4H3. The molecule has 1 saturated carbocycles. The third-order valence-electron chi connectivity index (χ3n) is 7.84. The summed E-state index contributed by atoms with van der Waals surface area (Å²) >= 11 is 0. The van der Waals surface area contributed by atoms with Crippen molar-refractivity contribution in [2.75, 3.05) is 44.9 Å². The molecule has 2 aliphatic rings. The Morgan fingerprint density at radius 1 is 1.12 bits per heavy atom. The number of esters is 1. The molecule has 8 nitrogen and oxygen atoms in total. The van der Waals surface area contributed by atoms with E-state index >= 15 is 0 Å². The van der Waals surface area contributed by atoms with Crippen molar-refractivity contribution in [3.63, 3.8) is 0 Å². The van der Waals surface area contributed by atoms with Crippen LogP contribution in [-0.4, -0.2) is 61.5 Å². The molecule has 1 aliphatic carbocycles. The van der Waals surface area contributed by atoms with Gasteiger partial charge in [-0.3, -0.25) is 0 Å². The lowest BCUT2D eigenvalue weighted by molar-refractivity contribution is 0.0528. The molecule has 2 aromatic heterocycles. The van der Waals surface area contributed by atoms with E-state index in [9.17, 15) is 4.79 Å². The number of hydrogen-bond donors (Lipinski definition) is 0. The van der Waals surface area contributed by atoms with Crippen LogP contribution < -0.4 is 4.90 Å². The quantitative estimate of drug-likeness (QED) is 0.185. The molecular weight excluding hydrogens is 504 g/mol. The first-order chi connectivity index (χ1) is 19.6. The molecule has 1 saturated heterocycles. The molecule has 0 radical (unpaired) electrons. The maximum absolute atomic E-state index is 13.8. The van der Waals surface area contributed by atoms with Gasteiger partial charge in [0.2, 0.25) is 5.90 Å². The maximum atomic E-state index is 13.8. The van der Waals surface area contributed by atoms with Gasteiger partial charge in [-0.1, -0.05) is 63.1 Å². The third-order valence-corrected chi connectivity index (χ3v) is 7.84. The maximum Gasteiger partial charge on any atom is 0.341 e. The Labute approximate surface area is 236 Å². The van der Waals surface area contributed by atoms with E-state index in [1.54, 1.807) is 7.11 Å². The molecule has 0 spiro atoms. The minimum absolute atomic E-state index is 0.257. The van der Waals surface area contributed by atoms with Gasteiger partial charge in [0, 0.05) is 30.3 Å². The number of methoxy groups -OCH3 is 1. The van der Waals surface area contributed by atoms with E-state index in [0.717, 1.165) is 60.7 Å². The molecule has 212 valence electrons. The Balaban J connectivity index is 1.83. The summed E-state index contributed by atoms with van der Waals surface area (Å²) in [5.41, 5.74) is 5.37. The number of nitrogens with zero attached hydrogens (tertiary/aromatic N) is 4. The molecule has 2 fully saturated rings. The van der Waals surface area contributed by atoms with Crippen LogP contribution in [0, 0.1) is 5.92 Å². The number of carbonyl (C=O) groups is 1. The van der Waals surface area contributed by atoms with Gasteiger partial charge in [0.05, 0.1) is 43.7 Å². The number of anilines is 1. The van der Waals surface area contributed by atoms with E-state index in [2.05, 4.69) is 36.6 Å². The summed E-state index contributed by atoms with van der Waals surface area (Å²) in [5.74, 6) is 1.15. The first-order valence-electron chi connectivity index (χ1n) is 14.5. The van der Waals surface area contributed by atoms with Gasteiger partial charge in [-0.2, -0.15) is 0 Å². The Hall–Kier alpha value is -3.65. The van der Waals surface area contributed by atoms with Gasteiger partial charge in [0.25, 0.3) is 0 Å². The zero-order valence-corrected chi connectivity index (χ0v) is 23.9. The lowest BCUT2D eigenvalue weighted by atomic mass is 10.0. The number of hydrogen-bond acceptors (Lipinski definition) is 7. The van der Waals surface area contributed by atoms with Gasteiger partial charge in [0.15, 0.2) is 0 Å². The van der Waals surface area contributed by atoms with Crippen molar-refractivity contribution < 1.29 is 19.0 Å². The Bertz CT molecular complexity index is 1380. The van der Waals surface area contributed by atoms with Crippen molar-refractivity contribution in [1.82, 2.24) is 9.61 Å². The first-order valence-corrected chi connectivity index (χ1v) is 14.5. The Morgan fingerprint density at radius 3 is 2.50 bits per heavy atom. The number of carbonyl (C=O) groups excluding carboxylic acids is 1. The van der Waals surface area contributed by atoms with Crippen molar-refractivity contribution in [3.8, 4) is 11.1 Å². The summed E-state index contributed by atoms with van der Waals surface area (Å²) in [6.45, 7) is 11.3. The van der Waals surface area contributed by atoms with Gasteiger partial charge in [-0.05, 0) is 37.8 Å². The first kappa shape index (κ1) is 27.9. The second-order valence-corrected chi connectivity index (χ2v) is 10.4. The van der Waals surface area contributed by atoms with E-state index in [-0.39, 0.29) is 6.61 Å². The molecule has 0 amide bonds. The van der Waals surface area contributed by atoms with E-state index in [1.807, 2.05) is 29.6 Å². The molecule has 0 unspecified atom stereocenters. The minimum Gasteiger partial charge on any atom is -0.480 e. The van der Waals surface area contributed by atoms with E-state index in [1.165, 1.54) is 12.8 Å². The molecule has 1 aliphatic heterocycles. The number of morpholine rings is 1. The van der Waals surface area contributed by atoms with Gasteiger partial charge in [0.1, 0.15) is 11.4 Å². The largest absolute Gasteiger partial charge is 0.480 e. The molecule has 40 heavy (non-hydrogen) atoms. The number of fused-ring (bicyclic) bond motifs is 1.